The lowest BCUT2D eigenvalue weighted by atomic mass is 9.93. The molecule has 1 aromatic carbocycles. The molecule has 2 aromatic heterocycles. The van der Waals surface area contributed by atoms with Crippen LogP contribution in [0.1, 0.15) is 34.5 Å². The molecule has 25 heavy (non-hydrogen) atoms. The van der Waals surface area contributed by atoms with Crippen LogP contribution in [0.4, 0.5) is 9.52 Å². The maximum Gasteiger partial charge on any atom is 0.293 e. The highest BCUT2D eigenvalue weighted by molar-refractivity contribution is 7.15. The zero-order valence-corrected chi connectivity index (χ0v) is 14.5. The van der Waals surface area contributed by atoms with E-state index in [9.17, 15) is 9.18 Å². The molecule has 1 aliphatic rings. The smallest absolute Gasteiger partial charge is 0.293 e. The fraction of sp³-hybridized carbons (Fsp3) is 0.263. The zero-order valence-electron chi connectivity index (χ0n) is 13.7. The van der Waals surface area contributed by atoms with Crippen molar-refractivity contribution in [3.63, 3.8) is 0 Å². The Morgan fingerprint density at radius 3 is 3.00 bits per heavy atom. The lowest BCUT2D eigenvalue weighted by Crippen LogP contribution is -2.11. The van der Waals surface area contributed by atoms with Crippen LogP contribution in [0.5, 0.6) is 0 Å². The zero-order chi connectivity index (χ0) is 17.4. The number of nitrogens with zero attached hydrogens (tertiary/aromatic N) is 1. The molecular weight excluding hydrogens is 339 g/mol. The molecule has 0 radical (unpaired) electrons. The number of fused-ring (bicyclic) bond motifs is 1. The van der Waals surface area contributed by atoms with Crippen molar-refractivity contribution in [1.82, 2.24) is 4.98 Å². The fourth-order valence-electron chi connectivity index (χ4n) is 3.02. The third kappa shape index (κ3) is 3.22. The quantitative estimate of drug-likeness (QED) is 0.725. The van der Waals surface area contributed by atoms with Crippen LogP contribution in [-0.4, -0.2) is 10.9 Å². The van der Waals surface area contributed by atoms with Crippen molar-refractivity contribution in [1.29, 1.82) is 0 Å². The molecule has 2 heterocycles. The van der Waals surface area contributed by atoms with Crippen molar-refractivity contribution >= 4 is 22.4 Å². The van der Waals surface area contributed by atoms with E-state index in [4.69, 9.17) is 4.42 Å². The van der Waals surface area contributed by atoms with Gasteiger partial charge in [0, 0.05) is 4.88 Å². The summed E-state index contributed by atoms with van der Waals surface area (Å²) in [5.74, 6) is 0.368. The molecule has 4 rings (SSSR count). The van der Waals surface area contributed by atoms with Crippen molar-refractivity contribution in [3.05, 3.63) is 58.5 Å². The predicted molar refractivity (Wildman–Crippen MR) is 95.4 cm³/mol. The van der Waals surface area contributed by atoms with Crippen LogP contribution in [0.25, 0.3) is 11.3 Å². The maximum absolute atomic E-state index is 13.8. The van der Waals surface area contributed by atoms with Crippen molar-refractivity contribution in [2.24, 2.45) is 5.92 Å². The number of carbonyl (C=O) groups is 1. The molecule has 6 heteroatoms. The van der Waals surface area contributed by atoms with Gasteiger partial charge < -0.3 is 4.42 Å². The van der Waals surface area contributed by atoms with Crippen LogP contribution in [0.3, 0.4) is 0 Å². The SMILES string of the molecule is CC1CCc2nc(NC(=O)c3ccc(-c4ccccc4F)o3)sc2C1. The van der Waals surface area contributed by atoms with Crippen molar-refractivity contribution in [2.75, 3.05) is 5.32 Å². The summed E-state index contributed by atoms with van der Waals surface area (Å²) in [7, 11) is 0. The third-order valence-corrected chi connectivity index (χ3v) is 5.41. The summed E-state index contributed by atoms with van der Waals surface area (Å²) in [5.41, 5.74) is 1.42. The van der Waals surface area contributed by atoms with Crippen LogP contribution in [0.2, 0.25) is 0 Å². The molecule has 128 valence electrons. The minimum absolute atomic E-state index is 0.139. The van der Waals surface area contributed by atoms with Gasteiger partial charge in [0.25, 0.3) is 5.91 Å². The van der Waals surface area contributed by atoms with Gasteiger partial charge in [0.05, 0.1) is 11.3 Å². The molecule has 3 aromatic rings. The number of benzene rings is 1. The maximum atomic E-state index is 13.8. The van der Waals surface area contributed by atoms with Gasteiger partial charge in [-0.3, -0.25) is 10.1 Å². The molecule has 0 saturated carbocycles. The van der Waals surface area contributed by atoms with E-state index in [1.165, 1.54) is 22.3 Å². The Morgan fingerprint density at radius 2 is 2.16 bits per heavy atom. The second-order valence-corrected chi connectivity index (χ2v) is 7.42. The Balaban J connectivity index is 1.52. The first-order chi connectivity index (χ1) is 12.1. The summed E-state index contributed by atoms with van der Waals surface area (Å²) < 4.78 is 19.4. The van der Waals surface area contributed by atoms with Gasteiger partial charge in [0.15, 0.2) is 10.9 Å². The molecule has 0 bridgehead atoms. The Morgan fingerprint density at radius 1 is 1.32 bits per heavy atom. The van der Waals surface area contributed by atoms with E-state index in [0.717, 1.165) is 25.0 Å². The molecule has 4 nitrogen and oxygen atoms in total. The number of carbonyl (C=O) groups excluding carboxylic acids is 1. The average molecular weight is 356 g/mol. The Hall–Kier alpha value is -2.47. The number of furan rings is 1. The van der Waals surface area contributed by atoms with Crippen LogP contribution >= 0.6 is 11.3 Å². The number of hydrogen-bond acceptors (Lipinski definition) is 4. The first-order valence-electron chi connectivity index (χ1n) is 8.25. The second-order valence-electron chi connectivity index (χ2n) is 6.33. The molecule has 0 spiro atoms. The Labute approximate surface area is 148 Å². The summed E-state index contributed by atoms with van der Waals surface area (Å²) in [6, 6.07) is 9.46. The van der Waals surface area contributed by atoms with Crippen molar-refractivity contribution in [3.8, 4) is 11.3 Å². The van der Waals surface area contributed by atoms with E-state index < -0.39 is 0 Å². The first-order valence-corrected chi connectivity index (χ1v) is 9.06. The highest BCUT2D eigenvalue weighted by atomic mass is 32.1. The number of anilines is 1. The highest BCUT2D eigenvalue weighted by Gasteiger charge is 2.21. The van der Waals surface area contributed by atoms with Gasteiger partial charge in [-0.1, -0.05) is 19.1 Å². The van der Waals surface area contributed by atoms with Gasteiger partial charge in [-0.15, -0.1) is 11.3 Å². The Bertz CT molecular complexity index is 931. The number of amides is 1. The largest absolute Gasteiger partial charge is 0.451 e. The van der Waals surface area contributed by atoms with Gasteiger partial charge in [0.2, 0.25) is 0 Å². The van der Waals surface area contributed by atoms with E-state index in [1.807, 2.05) is 0 Å². The van der Waals surface area contributed by atoms with Crippen LogP contribution in [0, 0.1) is 11.7 Å². The van der Waals surface area contributed by atoms with Gasteiger partial charge in [-0.25, -0.2) is 9.37 Å². The highest BCUT2D eigenvalue weighted by Crippen LogP contribution is 2.32. The summed E-state index contributed by atoms with van der Waals surface area (Å²) in [5, 5.41) is 3.38. The third-order valence-electron chi connectivity index (χ3n) is 4.38. The van der Waals surface area contributed by atoms with Crippen molar-refractivity contribution in [2.45, 2.75) is 26.2 Å². The Kier molecular flexibility index (Phi) is 4.13. The molecule has 1 atom stereocenters. The summed E-state index contributed by atoms with van der Waals surface area (Å²) in [4.78, 5) is 18.2. The summed E-state index contributed by atoms with van der Waals surface area (Å²) in [6.45, 7) is 2.23. The van der Waals surface area contributed by atoms with Crippen LogP contribution < -0.4 is 5.32 Å². The number of halogens is 1. The average Bonchev–Trinajstić information content (AvgIpc) is 3.21. The minimum Gasteiger partial charge on any atom is -0.451 e. The van der Waals surface area contributed by atoms with Gasteiger partial charge in [-0.05, 0) is 49.4 Å². The molecular formula is C19H17FN2O2S. The number of thiazole rings is 1. The number of aromatic nitrogens is 1. The second kappa shape index (κ2) is 6.44. The van der Waals surface area contributed by atoms with Gasteiger partial charge in [0.1, 0.15) is 11.6 Å². The van der Waals surface area contributed by atoms with Crippen molar-refractivity contribution < 1.29 is 13.6 Å². The number of aryl methyl sites for hydroxylation is 1. The number of rotatable bonds is 3. The predicted octanol–water partition coefficient (Wildman–Crippen LogP) is 4.92. The summed E-state index contributed by atoms with van der Waals surface area (Å²) in [6.07, 6.45) is 3.11. The number of nitrogens with one attached hydrogen (secondary N) is 1. The monoisotopic (exact) mass is 356 g/mol. The molecule has 0 saturated heterocycles. The van der Waals surface area contributed by atoms with Gasteiger partial charge >= 0.3 is 0 Å². The van der Waals surface area contributed by atoms with E-state index in [1.54, 1.807) is 30.3 Å². The standard InChI is InChI=1S/C19H17FN2O2S/c1-11-6-7-14-17(10-11)25-19(21-14)22-18(23)16-9-8-15(24-16)12-4-2-3-5-13(12)20/h2-5,8-9,11H,6-7,10H2,1H3,(H,21,22,23). The molecule has 1 amide bonds. The molecule has 1 aliphatic carbocycles. The fourth-order valence-corrected chi connectivity index (χ4v) is 4.18. The van der Waals surface area contributed by atoms with Crippen LogP contribution in [-0.2, 0) is 12.8 Å². The van der Waals surface area contributed by atoms with E-state index in [2.05, 4.69) is 17.2 Å². The molecule has 0 fully saturated rings. The lowest BCUT2D eigenvalue weighted by molar-refractivity contribution is 0.0997. The summed E-state index contributed by atoms with van der Waals surface area (Å²) >= 11 is 1.52. The van der Waals surface area contributed by atoms with E-state index >= 15 is 0 Å². The molecule has 1 N–H and O–H groups in total. The van der Waals surface area contributed by atoms with E-state index in [-0.39, 0.29) is 17.5 Å². The topological polar surface area (TPSA) is 55.1 Å². The van der Waals surface area contributed by atoms with E-state index in [0.29, 0.717) is 22.4 Å². The van der Waals surface area contributed by atoms with Crippen LogP contribution in [0.15, 0.2) is 40.8 Å². The lowest BCUT2D eigenvalue weighted by Gasteiger charge is -2.15. The normalized spacial score (nSPS) is 16.5. The minimum atomic E-state index is -0.384. The number of hydrogen-bond donors (Lipinski definition) is 1. The molecule has 1 unspecified atom stereocenters. The first kappa shape index (κ1) is 16.0. The van der Waals surface area contributed by atoms with Gasteiger partial charge in [-0.2, -0.15) is 0 Å². The molecule has 0 aliphatic heterocycles.